The quantitative estimate of drug-likeness (QED) is 0.803. The highest BCUT2D eigenvalue weighted by Gasteiger charge is 2.26. The summed E-state index contributed by atoms with van der Waals surface area (Å²) in [4.78, 5) is 15.5. The molecule has 1 N–H and O–H groups in total. The summed E-state index contributed by atoms with van der Waals surface area (Å²) in [5.41, 5.74) is 0. The molecule has 0 amide bonds. The topological polar surface area (TPSA) is 43.8 Å². The third kappa shape index (κ3) is 3.42. The van der Waals surface area contributed by atoms with Crippen molar-refractivity contribution in [2.45, 2.75) is 38.6 Å². The molecule has 2 aliphatic rings. The molecule has 0 aromatic carbocycles. The van der Waals surface area contributed by atoms with E-state index in [1.54, 1.807) is 6.92 Å². The minimum atomic E-state index is -0.700. The van der Waals surface area contributed by atoms with Gasteiger partial charge in [0.05, 0.1) is 0 Å². The molecule has 0 bridgehead atoms. The Hall–Kier alpha value is -0.610. The first kappa shape index (κ1) is 12.8. The van der Waals surface area contributed by atoms with E-state index in [2.05, 4.69) is 9.80 Å². The van der Waals surface area contributed by atoms with Crippen molar-refractivity contribution in [3.05, 3.63) is 0 Å². The Morgan fingerprint density at radius 1 is 1.24 bits per heavy atom. The summed E-state index contributed by atoms with van der Waals surface area (Å²) in [5, 5.41) is 8.97. The molecule has 1 saturated heterocycles. The van der Waals surface area contributed by atoms with Crippen LogP contribution in [0, 0.1) is 5.92 Å². The first-order valence-corrected chi connectivity index (χ1v) is 6.86. The summed E-state index contributed by atoms with van der Waals surface area (Å²) in [6, 6.07) is -0.330. The molecule has 4 heteroatoms. The standard InChI is InChI=1S/C13H24N2O2/c1-11(13(16)17)15-8-6-14(7-9-15)10-12-4-2-3-5-12/h11-12H,2-10H2,1H3,(H,16,17). The van der Waals surface area contributed by atoms with Gasteiger partial charge in [0, 0.05) is 32.7 Å². The number of carboxylic acid groups (broad SMARTS) is 1. The zero-order valence-electron chi connectivity index (χ0n) is 10.8. The summed E-state index contributed by atoms with van der Waals surface area (Å²) < 4.78 is 0. The average molecular weight is 240 g/mol. The Bertz CT molecular complexity index is 256. The molecule has 17 heavy (non-hydrogen) atoms. The lowest BCUT2D eigenvalue weighted by Crippen LogP contribution is -2.52. The van der Waals surface area contributed by atoms with Crippen LogP contribution >= 0.6 is 0 Å². The summed E-state index contributed by atoms with van der Waals surface area (Å²) in [6.45, 7) is 6.90. The molecule has 4 nitrogen and oxygen atoms in total. The molecule has 1 atom stereocenters. The van der Waals surface area contributed by atoms with E-state index in [0.29, 0.717) is 0 Å². The number of hydrogen-bond donors (Lipinski definition) is 1. The minimum absolute atomic E-state index is 0.330. The Balaban J connectivity index is 1.72. The van der Waals surface area contributed by atoms with E-state index in [9.17, 15) is 4.79 Å². The molecule has 0 aromatic heterocycles. The fraction of sp³-hybridized carbons (Fsp3) is 0.923. The van der Waals surface area contributed by atoms with Gasteiger partial charge in [-0.15, -0.1) is 0 Å². The average Bonchev–Trinajstić information content (AvgIpc) is 2.82. The van der Waals surface area contributed by atoms with Crippen molar-refractivity contribution in [2.75, 3.05) is 32.7 Å². The molecule has 1 aliphatic heterocycles. The number of nitrogens with zero attached hydrogens (tertiary/aromatic N) is 2. The highest BCUT2D eigenvalue weighted by molar-refractivity contribution is 5.72. The summed E-state index contributed by atoms with van der Waals surface area (Å²) >= 11 is 0. The maximum atomic E-state index is 10.9. The van der Waals surface area contributed by atoms with Crippen molar-refractivity contribution in [3.8, 4) is 0 Å². The molecule has 0 radical (unpaired) electrons. The van der Waals surface area contributed by atoms with Crippen molar-refractivity contribution >= 4 is 5.97 Å². The van der Waals surface area contributed by atoms with Crippen LogP contribution in [0.5, 0.6) is 0 Å². The normalized spacial score (nSPS) is 26.2. The zero-order chi connectivity index (χ0) is 12.3. The number of piperazine rings is 1. The number of hydrogen-bond acceptors (Lipinski definition) is 3. The zero-order valence-corrected chi connectivity index (χ0v) is 10.8. The predicted molar refractivity (Wildman–Crippen MR) is 67.1 cm³/mol. The van der Waals surface area contributed by atoms with Gasteiger partial charge in [-0.3, -0.25) is 9.69 Å². The van der Waals surface area contributed by atoms with E-state index in [1.807, 2.05) is 0 Å². The van der Waals surface area contributed by atoms with Gasteiger partial charge in [-0.1, -0.05) is 12.8 Å². The molecular formula is C13H24N2O2. The fourth-order valence-corrected chi connectivity index (χ4v) is 3.05. The number of carboxylic acids is 1. The second-order valence-electron chi connectivity index (χ2n) is 5.50. The number of rotatable bonds is 4. The van der Waals surface area contributed by atoms with Crippen LogP contribution in [-0.2, 0) is 4.79 Å². The second-order valence-corrected chi connectivity index (χ2v) is 5.50. The summed E-state index contributed by atoms with van der Waals surface area (Å²) in [5.74, 6) is 0.202. The fourth-order valence-electron chi connectivity index (χ4n) is 3.05. The van der Waals surface area contributed by atoms with E-state index < -0.39 is 5.97 Å². The van der Waals surface area contributed by atoms with Crippen LogP contribution in [0.2, 0.25) is 0 Å². The van der Waals surface area contributed by atoms with Crippen molar-refractivity contribution in [1.29, 1.82) is 0 Å². The highest BCUT2D eigenvalue weighted by Crippen LogP contribution is 2.25. The van der Waals surface area contributed by atoms with Crippen molar-refractivity contribution in [2.24, 2.45) is 5.92 Å². The lowest BCUT2D eigenvalue weighted by molar-refractivity contribution is -0.143. The van der Waals surface area contributed by atoms with Gasteiger partial charge in [-0.05, 0) is 25.7 Å². The Morgan fingerprint density at radius 3 is 2.35 bits per heavy atom. The van der Waals surface area contributed by atoms with Crippen LogP contribution in [0.3, 0.4) is 0 Å². The van der Waals surface area contributed by atoms with Crippen LogP contribution in [0.25, 0.3) is 0 Å². The monoisotopic (exact) mass is 240 g/mol. The van der Waals surface area contributed by atoms with Crippen LogP contribution in [0.15, 0.2) is 0 Å². The van der Waals surface area contributed by atoms with Gasteiger partial charge in [0.15, 0.2) is 0 Å². The first-order valence-electron chi connectivity index (χ1n) is 6.86. The molecule has 1 aliphatic carbocycles. The third-order valence-corrected chi connectivity index (χ3v) is 4.30. The summed E-state index contributed by atoms with van der Waals surface area (Å²) in [7, 11) is 0. The van der Waals surface area contributed by atoms with E-state index in [-0.39, 0.29) is 6.04 Å². The SMILES string of the molecule is CC(C(=O)O)N1CCN(CC2CCCC2)CC1. The molecule has 1 saturated carbocycles. The van der Waals surface area contributed by atoms with Crippen molar-refractivity contribution in [3.63, 3.8) is 0 Å². The van der Waals surface area contributed by atoms with Gasteiger partial charge >= 0.3 is 5.97 Å². The predicted octanol–water partition coefficient (Wildman–Crippen LogP) is 1.27. The molecule has 2 fully saturated rings. The van der Waals surface area contributed by atoms with E-state index in [4.69, 9.17) is 5.11 Å². The minimum Gasteiger partial charge on any atom is -0.480 e. The lowest BCUT2D eigenvalue weighted by Gasteiger charge is -2.37. The highest BCUT2D eigenvalue weighted by atomic mass is 16.4. The number of carbonyl (C=O) groups is 1. The van der Waals surface area contributed by atoms with Gasteiger partial charge in [0.25, 0.3) is 0 Å². The van der Waals surface area contributed by atoms with Gasteiger partial charge in [-0.2, -0.15) is 0 Å². The van der Waals surface area contributed by atoms with Gasteiger partial charge in [0.1, 0.15) is 6.04 Å². The Morgan fingerprint density at radius 2 is 1.82 bits per heavy atom. The maximum absolute atomic E-state index is 10.9. The molecule has 98 valence electrons. The van der Waals surface area contributed by atoms with E-state index >= 15 is 0 Å². The smallest absolute Gasteiger partial charge is 0.320 e. The van der Waals surface area contributed by atoms with E-state index in [0.717, 1.165) is 32.1 Å². The van der Waals surface area contributed by atoms with Gasteiger partial charge in [0.2, 0.25) is 0 Å². The Labute approximate surface area is 104 Å². The largest absolute Gasteiger partial charge is 0.480 e. The van der Waals surface area contributed by atoms with Gasteiger partial charge < -0.3 is 10.0 Å². The van der Waals surface area contributed by atoms with Crippen LogP contribution in [0.1, 0.15) is 32.6 Å². The molecular weight excluding hydrogens is 216 g/mol. The van der Waals surface area contributed by atoms with Crippen LogP contribution in [0.4, 0.5) is 0 Å². The van der Waals surface area contributed by atoms with Crippen LogP contribution in [-0.4, -0.2) is 59.6 Å². The van der Waals surface area contributed by atoms with E-state index in [1.165, 1.54) is 32.2 Å². The first-order chi connectivity index (χ1) is 8.16. The third-order valence-electron chi connectivity index (χ3n) is 4.30. The molecule has 1 heterocycles. The molecule has 2 rings (SSSR count). The van der Waals surface area contributed by atoms with Crippen molar-refractivity contribution in [1.82, 2.24) is 9.80 Å². The summed E-state index contributed by atoms with van der Waals surface area (Å²) in [6.07, 6.45) is 5.60. The molecule has 0 aromatic rings. The van der Waals surface area contributed by atoms with Crippen molar-refractivity contribution < 1.29 is 9.90 Å². The van der Waals surface area contributed by atoms with Gasteiger partial charge in [-0.25, -0.2) is 0 Å². The molecule has 0 spiro atoms. The maximum Gasteiger partial charge on any atom is 0.320 e. The molecule has 1 unspecified atom stereocenters. The van der Waals surface area contributed by atoms with Crippen LogP contribution < -0.4 is 0 Å². The lowest BCUT2D eigenvalue weighted by atomic mass is 10.1. The Kier molecular flexibility index (Phi) is 4.40. The number of aliphatic carboxylic acids is 1. The second kappa shape index (κ2) is 5.83.